The van der Waals surface area contributed by atoms with Gasteiger partial charge in [-0.05, 0) is 42.6 Å². The summed E-state index contributed by atoms with van der Waals surface area (Å²) >= 11 is 0. The first-order chi connectivity index (χ1) is 16.0. The molecule has 1 aromatic carbocycles. The Hall–Kier alpha value is -2.74. The molecule has 0 spiro atoms. The Morgan fingerprint density at radius 2 is 1.35 bits per heavy atom. The topological polar surface area (TPSA) is 114 Å². The summed E-state index contributed by atoms with van der Waals surface area (Å²) in [6.45, 7) is 11.8. The molecule has 3 amide bonds. The van der Waals surface area contributed by atoms with Crippen molar-refractivity contribution in [2.24, 2.45) is 17.8 Å². The molecule has 8 nitrogen and oxygen atoms in total. The smallest absolute Gasteiger partial charge is 0.408 e. The maximum atomic E-state index is 13.0. The third-order valence-electron chi connectivity index (χ3n) is 5.10. The number of carbonyl (C=O) groups is 4. The fourth-order valence-electron chi connectivity index (χ4n) is 3.56. The monoisotopic (exact) mass is 475 g/mol. The lowest BCUT2D eigenvalue weighted by molar-refractivity contribution is -0.133. The van der Waals surface area contributed by atoms with Gasteiger partial charge in [0.1, 0.15) is 18.9 Å². The molecule has 1 aromatic rings. The Bertz CT molecular complexity index is 780. The van der Waals surface area contributed by atoms with Gasteiger partial charge in [0.15, 0.2) is 0 Å². The second-order valence-electron chi connectivity index (χ2n) is 9.96. The quantitative estimate of drug-likeness (QED) is 0.354. The molecule has 3 atom stereocenters. The minimum atomic E-state index is -0.926. The van der Waals surface area contributed by atoms with Crippen LogP contribution in [0.15, 0.2) is 30.3 Å². The molecule has 190 valence electrons. The largest absolute Gasteiger partial charge is 0.445 e. The van der Waals surface area contributed by atoms with Crippen LogP contribution < -0.4 is 16.0 Å². The highest BCUT2D eigenvalue weighted by Gasteiger charge is 2.29. The van der Waals surface area contributed by atoms with Gasteiger partial charge >= 0.3 is 6.09 Å². The average molecular weight is 476 g/mol. The molecule has 0 heterocycles. The van der Waals surface area contributed by atoms with Crippen molar-refractivity contribution in [2.45, 2.75) is 85.5 Å². The number of alkyl carbamates (subject to hydrolysis) is 1. The maximum absolute atomic E-state index is 13.0. The van der Waals surface area contributed by atoms with Crippen molar-refractivity contribution in [3.63, 3.8) is 0 Å². The van der Waals surface area contributed by atoms with Crippen LogP contribution in [0.1, 0.15) is 66.4 Å². The number of imide groups is 1. The van der Waals surface area contributed by atoms with E-state index in [2.05, 4.69) is 16.0 Å². The Balaban J connectivity index is 2.81. The summed E-state index contributed by atoms with van der Waals surface area (Å²) in [6, 6.07) is 7.10. The van der Waals surface area contributed by atoms with Gasteiger partial charge in [0.2, 0.25) is 11.8 Å². The Kier molecular flexibility index (Phi) is 13.1. The molecule has 0 unspecified atom stereocenters. The van der Waals surface area contributed by atoms with Crippen LogP contribution in [-0.2, 0) is 25.7 Å². The highest BCUT2D eigenvalue weighted by Crippen LogP contribution is 2.11. The second kappa shape index (κ2) is 15.2. The van der Waals surface area contributed by atoms with Crippen molar-refractivity contribution in [3.05, 3.63) is 35.9 Å². The van der Waals surface area contributed by atoms with Gasteiger partial charge in [0.25, 0.3) is 0 Å². The molecule has 0 aromatic heterocycles. The third-order valence-corrected chi connectivity index (χ3v) is 5.10. The highest BCUT2D eigenvalue weighted by molar-refractivity contribution is 6.01. The number of ether oxygens (including phenoxy) is 1. The fourth-order valence-corrected chi connectivity index (χ4v) is 3.56. The Morgan fingerprint density at radius 1 is 0.824 bits per heavy atom. The maximum Gasteiger partial charge on any atom is 0.408 e. The Morgan fingerprint density at radius 3 is 1.88 bits per heavy atom. The van der Waals surface area contributed by atoms with E-state index in [1.165, 1.54) is 0 Å². The first-order valence-corrected chi connectivity index (χ1v) is 12.0. The molecular weight excluding hydrogens is 434 g/mol. The molecule has 0 radical (unpaired) electrons. The number of benzene rings is 1. The molecule has 0 aliphatic carbocycles. The van der Waals surface area contributed by atoms with Crippen molar-refractivity contribution in [3.8, 4) is 0 Å². The molecule has 0 saturated heterocycles. The number of rotatable bonds is 14. The minimum absolute atomic E-state index is 0.0743. The summed E-state index contributed by atoms with van der Waals surface area (Å²) in [5.74, 6) is -0.578. The summed E-state index contributed by atoms with van der Waals surface area (Å²) in [4.78, 5) is 49.7. The van der Waals surface area contributed by atoms with Crippen LogP contribution in [0.25, 0.3) is 0 Å². The number of amides is 3. The first-order valence-electron chi connectivity index (χ1n) is 12.0. The van der Waals surface area contributed by atoms with Gasteiger partial charge in [-0.25, -0.2) is 4.79 Å². The SMILES string of the molecule is CC(C)C[C@@H](C=O)N[C@@H](CC(C)C)C(=O)NC(=O)[C@H](CC(C)C)NC(=O)OCc1ccccc1. The van der Waals surface area contributed by atoms with Crippen LogP contribution in [0.5, 0.6) is 0 Å². The minimum Gasteiger partial charge on any atom is -0.445 e. The molecular formula is C26H41N3O5. The average Bonchev–Trinajstić information content (AvgIpc) is 2.75. The van der Waals surface area contributed by atoms with E-state index in [1.807, 2.05) is 71.9 Å². The van der Waals surface area contributed by atoms with Crippen molar-refractivity contribution < 1.29 is 23.9 Å². The zero-order valence-corrected chi connectivity index (χ0v) is 21.3. The molecule has 0 saturated carbocycles. The summed E-state index contributed by atoms with van der Waals surface area (Å²) in [5, 5.41) is 8.09. The predicted molar refractivity (Wildman–Crippen MR) is 132 cm³/mol. The van der Waals surface area contributed by atoms with Crippen molar-refractivity contribution in [1.82, 2.24) is 16.0 Å². The van der Waals surface area contributed by atoms with Gasteiger partial charge in [-0.1, -0.05) is 71.9 Å². The number of aldehydes is 1. The lowest BCUT2D eigenvalue weighted by Gasteiger charge is -2.25. The third kappa shape index (κ3) is 11.9. The number of hydrogen-bond donors (Lipinski definition) is 3. The first kappa shape index (κ1) is 29.3. The van der Waals surface area contributed by atoms with E-state index < -0.39 is 36.0 Å². The number of carbonyl (C=O) groups excluding carboxylic acids is 4. The van der Waals surface area contributed by atoms with Gasteiger partial charge in [-0.3, -0.25) is 20.2 Å². The van der Waals surface area contributed by atoms with Crippen LogP contribution in [0.4, 0.5) is 4.79 Å². The zero-order chi connectivity index (χ0) is 25.7. The zero-order valence-electron chi connectivity index (χ0n) is 21.3. The van der Waals surface area contributed by atoms with Gasteiger partial charge in [0.05, 0.1) is 12.1 Å². The van der Waals surface area contributed by atoms with Crippen LogP contribution >= 0.6 is 0 Å². The molecule has 0 aliphatic heterocycles. The predicted octanol–water partition coefficient (Wildman–Crippen LogP) is 3.59. The standard InChI is InChI=1S/C26H41N3O5/c1-17(2)12-21(15-30)27-22(13-18(3)4)24(31)29-25(32)23(14-19(5)6)28-26(33)34-16-20-10-8-7-9-11-20/h7-11,15,17-19,21-23,27H,12-14,16H2,1-6H3,(H,28,33)(H,29,31,32)/t21-,22-,23-/m0/s1. The molecule has 0 aliphatic rings. The van der Waals surface area contributed by atoms with Gasteiger partial charge in [0, 0.05) is 0 Å². The van der Waals surface area contributed by atoms with Crippen LogP contribution in [0.2, 0.25) is 0 Å². The van der Waals surface area contributed by atoms with E-state index in [-0.39, 0.29) is 24.4 Å². The van der Waals surface area contributed by atoms with E-state index >= 15 is 0 Å². The van der Waals surface area contributed by atoms with Gasteiger partial charge in [-0.2, -0.15) is 0 Å². The van der Waals surface area contributed by atoms with E-state index in [0.717, 1.165) is 11.8 Å². The second-order valence-corrected chi connectivity index (χ2v) is 9.96. The molecule has 1 rings (SSSR count). The molecule has 34 heavy (non-hydrogen) atoms. The van der Waals surface area contributed by atoms with E-state index in [9.17, 15) is 19.2 Å². The summed E-state index contributed by atoms with van der Waals surface area (Å²) in [7, 11) is 0. The number of nitrogens with one attached hydrogen (secondary N) is 3. The van der Waals surface area contributed by atoms with Crippen LogP contribution in [0, 0.1) is 17.8 Å². The van der Waals surface area contributed by atoms with E-state index in [0.29, 0.717) is 19.3 Å². The molecule has 0 fully saturated rings. The van der Waals surface area contributed by atoms with Crippen molar-refractivity contribution >= 4 is 24.2 Å². The lowest BCUT2D eigenvalue weighted by atomic mass is 9.99. The van der Waals surface area contributed by atoms with E-state index in [4.69, 9.17) is 4.74 Å². The van der Waals surface area contributed by atoms with Gasteiger partial charge in [-0.15, -0.1) is 0 Å². The molecule has 0 bridgehead atoms. The van der Waals surface area contributed by atoms with Crippen LogP contribution in [-0.4, -0.2) is 42.3 Å². The lowest BCUT2D eigenvalue weighted by Crippen LogP contribution is -2.55. The normalized spacial score (nSPS) is 13.9. The summed E-state index contributed by atoms with van der Waals surface area (Å²) in [5.41, 5.74) is 0.825. The van der Waals surface area contributed by atoms with Gasteiger partial charge < -0.3 is 14.8 Å². The molecule has 8 heteroatoms. The fraction of sp³-hybridized carbons (Fsp3) is 0.615. The summed E-state index contributed by atoms with van der Waals surface area (Å²) in [6.07, 6.45) is 1.46. The van der Waals surface area contributed by atoms with E-state index in [1.54, 1.807) is 0 Å². The number of hydrogen-bond acceptors (Lipinski definition) is 6. The Labute approximate surface area is 203 Å². The van der Waals surface area contributed by atoms with Crippen LogP contribution in [0.3, 0.4) is 0 Å². The van der Waals surface area contributed by atoms with Crippen molar-refractivity contribution in [1.29, 1.82) is 0 Å². The molecule has 3 N–H and O–H groups in total. The summed E-state index contributed by atoms with van der Waals surface area (Å²) < 4.78 is 5.23. The van der Waals surface area contributed by atoms with Crippen molar-refractivity contribution in [2.75, 3.05) is 0 Å². The highest BCUT2D eigenvalue weighted by atomic mass is 16.5.